The van der Waals surface area contributed by atoms with Crippen molar-refractivity contribution in [1.82, 2.24) is 5.32 Å². The summed E-state index contributed by atoms with van der Waals surface area (Å²) in [6.07, 6.45) is 6.09. The van der Waals surface area contributed by atoms with Crippen LogP contribution in [0.2, 0.25) is 0 Å². The molecule has 1 unspecified atom stereocenters. The van der Waals surface area contributed by atoms with Crippen LogP contribution in [-0.2, 0) is 11.2 Å². The minimum atomic E-state index is 0.0799. The van der Waals surface area contributed by atoms with Gasteiger partial charge < -0.3 is 10.6 Å². The lowest BCUT2D eigenvalue weighted by atomic mass is 9.93. The second-order valence-corrected chi connectivity index (χ2v) is 5.83. The maximum Gasteiger partial charge on any atom is 0.225 e. The van der Waals surface area contributed by atoms with Gasteiger partial charge in [0.05, 0.1) is 5.92 Å². The Labute approximate surface area is 114 Å². The van der Waals surface area contributed by atoms with E-state index < -0.39 is 0 Å². The maximum absolute atomic E-state index is 12.2. The summed E-state index contributed by atoms with van der Waals surface area (Å²) in [4.78, 5) is 12.2. The van der Waals surface area contributed by atoms with Gasteiger partial charge in [0.25, 0.3) is 0 Å². The summed E-state index contributed by atoms with van der Waals surface area (Å²) in [6.45, 7) is 1.63. The van der Waals surface area contributed by atoms with Gasteiger partial charge in [0, 0.05) is 18.8 Å². The van der Waals surface area contributed by atoms with Crippen molar-refractivity contribution in [1.29, 1.82) is 0 Å². The molecule has 2 N–H and O–H groups in total. The van der Waals surface area contributed by atoms with Gasteiger partial charge in [0.2, 0.25) is 5.91 Å². The van der Waals surface area contributed by atoms with Gasteiger partial charge in [-0.1, -0.05) is 31.0 Å². The number of anilines is 1. The Bertz CT molecular complexity index is 452. The zero-order valence-electron chi connectivity index (χ0n) is 11.3. The Hall–Kier alpha value is -1.51. The van der Waals surface area contributed by atoms with Crippen molar-refractivity contribution in [3.63, 3.8) is 0 Å². The van der Waals surface area contributed by atoms with Gasteiger partial charge in [-0.2, -0.15) is 0 Å². The minimum absolute atomic E-state index is 0.0799. The molecule has 1 saturated carbocycles. The average Bonchev–Trinajstić information content (AvgIpc) is 2.97. The summed E-state index contributed by atoms with van der Waals surface area (Å²) in [5, 5.41) is 6.51. The fourth-order valence-corrected chi connectivity index (χ4v) is 3.23. The van der Waals surface area contributed by atoms with E-state index in [0.717, 1.165) is 19.5 Å². The molecule has 1 atom stereocenters. The average molecular weight is 258 g/mol. The normalized spacial score (nSPS) is 22.6. The van der Waals surface area contributed by atoms with E-state index in [1.54, 1.807) is 0 Å². The maximum atomic E-state index is 12.2. The number of para-hydroxylation sites is 1. The Morgan fingerprint density at radius 1 is 1.26 bits per heavy atom. The molecule has 3 rings (SSSR count). The van der Waals surface area contributed by atoms with E-state index in [9.17, 15) is 4.79 Å². The van der Waals surface area contributed by atoms with Crippen molar-refractivity contribution in [2.24, 2.45) is 11.8 Å². The number of nitrogens with one attached hydrogen (secondary N) is 2. The van der Waals surface area contributed by atoms with Gasteiger partial charge in [-0.25, -0.2) is 0 Å². The number of carbonyl (C=O) groups is 1. The molecule has 0 spiro atoms. The van der Waals surface area contributed by atoms with Crippen LogP contribution in [-0.4, -0.2) is 19.0 Å². The monoisotopic (exact) mass is 258 g/mol. The molecule has 1 amide bonds. The highest BCUT2D eigenvalue weighted by Gasteiger charge is 2.25. The first-order chi connectivity index (χ1) is 9.33. The summed E-state index contributed by atoms with van der Waals surface area (Å²) in [5.74, 6) is 1.01. The van der Waals surface area contributed by atoms with Crippen LogP contribution < -0.4 is 10.6 Å². The van der Waals surface area contributed by atoms with Crippen LogP contribution in [0.15, 0.2) is 24.3 Å². The van der Waals surface area contributed by atoms with Crippen LogP contribution in [0.25, 0.3) is 0 Å². The molecule has 1 fully saturated rings. The number of carbonyl (C=O) groups excluding carboxylic acids is 1. The van der Waals surface area contributed by atoms with Crippen molar-refractivity contribution < 1.29 is 4.79 Å². The number of fused-ring (bicyclic) bond motifs is 1. The van der Waals surface area contributed by atoms with E-state index >= 15 is 0 Å². The minimum Gasteiger partial charge on any atom is -0.384 e. The van der Waals surface area contributed by atoms with E-state index in [4.69, 9.17) is 0 Å². The number of amides is 1. The van der Waals surface area contributed by atoms with Crippen LogP contribution in [0.4, 0.5) is 5.69 Å². The molecule has 3 heteroatoms. The first kappa shape index (κ1) is 12.5. The molecule has 1 aromatic carbocycles. The van der Waals surface area contributed by atoms with E-state index in [1.807, 2.05) is 12.1 Å². The third-order valence-electron chi connectivity index (χ3n) is 4.43. The lowest BCUT2D eigenvalue weighted by Gasteiger charge is -2.25. The summed E-state index contributed by atoms with van der Waals surface area (Å²) < 4.78 is 0. The highest BCUT2D eigenvalue weighted by atomic mass is 16.1. The van der Waals surface area contributed by atoms with E-state index in [1.165, 1.54) is 36.9 Å². The summed E-state index contributed by atoms with van der Waals surface area (Å²) in [6, 6.07) is 8.27. The molecule has 19 heavy (non-hydrogen) atoms. The molecule has 0 saturated heterocycles. The van der Waals surface area contributed by atoms with Crippen molar-refractivity contribution in [3.05, 3.63) is 29.8 Å². The lowest BCUT2D eigenvalue weighted by Crippen LogP contribution is -2.39. The standard InChI is InChI=1S/C16H22N2O/c19-16(18-10-12-5-1-2-6-12)14-9-13-7-3-4-8-15(13)17-11-14/h3-4,7-8,12,14,17H,1-2,5-6,9-11H2,(H,18,19). The highest BCUT2D eigenvalue weighted by molar-refractivity contribution is 5.80. The fourth-order valence-electron chi connectivity index (χ4n) is 3.23. The molecule has 0 aromatic heterocycles. The number of hydrogen-bond acceptors (Lipinski definition) is 2. The van der Waals surface area contributed by atoms with Crippen LogP contribution in [0.1, 0.15) is 31.2 Å². The van der Waals surface area contributed by atoms with Gasteiger partial charge in [0.15, 0.2) is 0 Å². The third-order valence-corrected chi connectivity index (χ3v) is 4.43. The van der Waals surface area contributed by atoms with E-state index in [-0.39, 0.29) is 11.8 Å². The topological polar surface area (TPSA) is 41.1 Å². The second-order valence-electron chi connectivity index (χ2n) is 5.83. The molecule has 2 aliphatic rings. The smallest absolute Gasteiger partial charge is 0.225 e. The van der Waals surface area contributed by atoms with Crippen molar-refractivity contribution in [3.8, 4) is 0 Å². The van der Waals surface area contributed by atoms with Crippen LogP contribution in [0, 0.1) is 11.8 Å². The third kappa shape index (κ3) is 2.91. The first-order valence-corrected chi connectivity index (χ1v) is 7.42. The van der Waals surface area contributed by atoms with Gasteiger partial charge in [0.1, 0.15) is 0 Å². The van der Waals surface area contributed by atoms with Gasteiger partial charge in [-0.05, 0) is 36.8 Å². The number of hydrogen-bond donors (Lipinski definition) is 2. The van der Waals surface area contributed by atoms with E-state index in [2.05, 4.69) is 22.8 Å². The molecular formula is C16H22N2O. The molecule has 0 bridgehead atoms. The number of rotatable bonds is 3. The predicted octanol–water partition coefficient (Wildman–Crippen LogP) is 2.58. The summed E-state index contributed by atoms with van der Waals surface area (Å²) in [5.41, 5.74) is 2.44. The molecule has 1 aliphatic heterocycles. The molecule has 1 aromatic rings. The zero-order chi connectivity index (χ0) is 13.1. The van der Waals surface area contributed by atoms with Gasteiger partial charge in [-0.3, -0.25) is 4.79 Å². The molecular weight excluding hydrogens is 236 g/mol. The van der Waals surface area contributed by atoms with Crippen LogP contribution in [0.5, 0.6) is 0 Å². The molecule has 3 nitrogen and oxygen atoms in total. The van der Waals surface area contributed by atoms with E-state index in [0.29, 0.717) is 5.92 Å². The summed E-state index contributed by atoms with van der Waals surface area (Å²) in [7, 11) is 0. The van der Waals surface area contributed by atoms with Crippen molar-refractivity contribution >= 4 is 11.6 Å². The summed E-state index contributed by atoms with van der Waals surface area (Å²) >= 11 is 0. The molecule has 102 valence electrons. The Morgan fingerprint density at radius 3 is 2.89 bits per heavy atom. The molecule has 1 heterocycles. The van der Waals surface area contributed by atoms with Gasteiger partial charge >= 0.3 is 0 Å². The van der Waals surface area contributed by atoms with Gasteiger partial charge in [-0.15, -0.1) is 0 Å². The van der Waals surface area contributed by atoms with Crippen molar-refractivity contribution in [2.75, 3.05) is 18.4 Å². The molecule has 1 aliphatic carbocycles. The van der Waals surface area contributed by atoms with Crippen molar-refractivity contribution in [2.45, 2.75) is 32.1 Å². The fraction of sp³-hybridized carbons (Fsp3) is 0.562. The first-order valence-electron chi connectivity index (χ1n) is 7.42. The quantitative estimate of drug-likeness (QED) is 0.875. The number of benzene rings is 1. The van der Waals surface area contributed by atoms with Crippen LogP contribution in [0.3, 0.4) is 0 Å². The zero-order valence-corrected chi connectivity index (χ0v) is 11.3. The Balaban J connectivity index is 1.54. The van der Waals surface area contributed by atoms with Crippen LogP contribution >= 0.6 is 0 Å². The predicted molar refractivity (Wildman–Crippen MR) is 77.1 cm³/mol. The Morgan fingerprint density at radius 2 is 2.05 bits per heavy atom. The largest absolute Gasteiger partial charge is 0.384 e. The second kappa shape index (κ2) is 5.64. The lowest BCUT2D eigenvalue weighted by molar-refractivity contribution is -0.124. The molecule has 0 radical (unpaired) electrons. The SMILES string of the molecule is O=C(NCC1CCCC1)C1CNc2ccccc2C1. The highest BCUT2D eigenvalue weighted by Crippen LogP contribution is 2.25. The Kier molecular flexibility index (Phi) is 3.72.